The number of fused-ring (bicyclic) bond motifs is 1. The van der Waals surface area contributed by atoms with Crippen molar-refractivity contribution in [2.75, 3.05) is 19.5 Å². The molecule has 2 N–H and O–H groups in total. The van der Waals surface area contributed by atoms with Crippen LogP contribution in [0.4, 0.5) is 5.69 Å². The third-order valence-electron chi connectivity index (χ3n) is 4.91. The molecule has 0 saturated heterocycles. The summed E-state index contributed by atoms with van der Waals surface area (Å²) in [4.78, 5) is 36.1. The SMILES string of the molecule is COc1cc(COc2cccc(NC(=O)c3ccc4c(c3)C(=O)NC4=O)c2)cc(OC)c1. The lowest BCUT2D eigenvalue weighted by Crippen LogP contribution is -2.19. The molecule has 1 aliphatic heterocycles. The Kier molecular flexibility index (Phi) is 5.76. The average Bonchev–Trinajstić information content (AvgIpc) is 3.10. The van der Waals surface area contributed by atoms with E-state index in [0.717, 1.165) is 5.56 Å². The topological polar surface area (TPSA) is 103 Å². The zero-order valence-corrected chi connectivity index (χ0v) is 17.4. The Morgan fingerprint density at radius 1 is 0.844 bits per heavy atom. The molecule has 8 heteroatoms. The minimum atomic E-state index is -0.510. The van der Waals surface area contributed by atoms with Crippen LogP contribution in [0, 0.1) is 0 Å². The summed E-state index contributed by atoms with van der Waals surface area (Å²) < 4.78 is 16.4. The van der Waals surface area contributed by atoms with Crippen LogP contribution in [0.5, 0.6) is 17.2 Å². The van der Waals surface area contributed by atoms with Crippen molar-refractivity contribution in [1.82, 2.24) is 5.32 Å². The summed E-state index contributed by atoms with van der Waals surface area (Å²) in [5.41, 5.74) is 2.10. The average molecular weight is 432 g/mol. The van der Waals surface area contributed by atoms with Crippen molar-refractivity contribution in [1.29, 1.82) is 0 Å². The molecule has 0 bridgehead atoms. The Morgan fingerprint density at radius 3 is 2.28 bits per heavy atom. The van der Waals surface area contributed by atoms with Gasteiger partial charge in [-0.25, -0.2) is 0 Å². The molecule has 32 heavy (non-hydrogen) atoms. The Hall–Kier alpha value is -4.33. The smallest absolute Gasteiger partial charge is 0.258 e. The lowest BCUT2D eigenvalue weighted by atomic mass is 10.1. The van der Waals surface area contributed by atoms with Gasteiger partial charge in [-0.3, -0.25) is 19.7 Å². The molecular weight excluding hydrogens is 412 g/mol. The number of nitrogens with one attached hydrogen (secondary N) is 2. The standard InChI is InChI=1S/C24H20N2O6/c1-30-18-8-14(9-19(12-18)31-2)13-32-17-5-3-4-16(11-17)25-22(27)15-6-7-20-21(10-15)24(29)26-23(20)28/h3-12H,13H2,1-2H3,(H,25,27)(H,26,28,29). The van der Waals surface area contributed by atoms with Gasteiger partial charge in [0.1, 0.15) is 23.9 Å². The molecule has 0 fully saturated rings. The first kappa shape index (κ1) is 20.9. The second-order valence-corrected chi connectivity index (χ2v) is 7.04. The van der Waals surface area contributed by atoms with Crippen LogP contribution in [0.2, 0.25) is 0 Å². The van der Waals surface area contributed by atoms with E-state index in [-0.39, 0.29) is 23.3 Å². The maximum atomic E-state index is 12.6. The van der Waals surface area contributed by atoms with E-state index >= 15 is 0 Å². The van der Waals surface area contributed by atoms with Crippen LogP contribution in [-0.2, 0) is 6.61 Å². The molecular formula is C24H20N2O6. The second-order valence-electron chi connectivity index (χ2n) is 7.04. The molecule has 1 aliphatic rings. The van der Waals surface area contributed by atoms with Gasteiger partial charge in [-0.1, -0.05) is 6.07 Å². The number of rotatable bonds is 7. The van der Waals surface area contributed by atoms with E-state index in [1.54, 1.807) is 44.6 Å². The molecule has 162 valence electrons. The van der Waals surface area contributed by atoms with Gasteiger partial charge in [-0.2, -0.15) is 0 Å². The van der Waals surface area contributed by atoms with Crippen LogP contribution < -0.4 is 24.8 Å². The third-order valence-corrected chi connectivity index (χ3v) is 4.91. The van der Waals surface area contributed by atoms with Crippen molar-refractivity contribution in [3.63, 3.8) is 0 Å². The quantitative estimate of drug-likeness (QED) is 0.555. The number of carbonyl (C=O) groups excluding carboxylic acids is 3. The summed E-state index contributed by atoms with van der Waals surface area (Å²) >= 11 is 0. The fourth-order valence-corrected chi connectivity index (χ4v) is 3.29. The molecule has 1 heterocycles. The number of carbonyl (C=O) groups is 3. The largest absolute Gasteiger partial charge is 0.497 e. The van der Waals surface area contributed by atoms with Crippen molar-refractivity contribution in [2.24, 2.45) is 0 Å². The number of imide groups is 1. The zero-order chi connectivity index (χ0) is 22.7. The predicted molar refractivity (Wildman–Crippen MR) is 117 cm³/mol. The Balaban J connectivity index is 1.45. The van der Waals surface area contributed by atoms with Crippen molar-refractivity contribution < 1.29 is 28.6 Å². The van der Waals surface area contributed by atoms with Crippen molar-refractivity contribution in [3.8, 4) is 17.2 Å². The summed E-state index contributed by atoms with van der Waals surface area (Å²) in [5, 5.41) is 4.98. The first-order valence-corrected chi connectivity index (χ1v) is 9.72. The van der Waals surface area contributed by atoms with E-state index in [1.807, 2.05) is 12.1 Å². The second kappa shape index (κ2) is 8.81. The van der Waals surface area contributed by atoms with Gasteiger partial charge in [0.05, 0.1) is 25.3 Å². The number of ether oxygens (including phenoxy) is 3. The van der Waals surface area contributed by atoms with Gasteiger partial charge >= 0.3 is 0 Å². The number of hydrogen-bond donors (Lipinski definition) is 2. The maximum Gasteiger partial charge on any atom is 0.258 e. The molecule has 3 aromatic carbocycles. The van der Waals surface area contributed by atoms with E-state index in [4.69, 9.17) is 14.2 Å². The summed E-state index contributed by atoms with van der Waals surface area (Å²) in [6, 6.07) is 16.8. The van der Waals surface area contributed by atoms with Gasteiger partial charge in [-0.05, 0) is 48.0 Å². The number of hydrogen-bond acceptors (Lipinski definition) is 6. The van der Waals surface area contributed by atoms with E-state index in [2.05, 4.69) is 10.6 Å². The Morgan fingerprint density at radius 2 is 1.56 bits per heavy atom. The fourth-order valence-electron chi connectivity index (χ4n) is 3.29. The van der Waals surface area contributed by atoms with Crippen molar-refractivity contribution in [3.05, 3.63) is 82.9 Å². The van der Waals surface area contributed by atoms with Crippen LogP contribution in [-0.4, -0.2) is 31.9 Å². The van der Waals surface area contributed by atoms with Gasteiger partial charge in [-0.15, -0.1) is 0 Å². The Labute approximate surface area is 184 Å². The minimum absolute atomic E-state index is 0.188. The first-order valence-electron chi connectivity index (χ1n) is 9.72. The highest BCUT2D eigenvalue weighted by molar-refractivity contribution is 6.22. The molecule has 0 radical (unpaired) electrons. The molecule has 3 aromatic rings. The predicted octanol–water partition coefficient (Wildman–Crippen LogP) is 3.42. The number of benzene rings is 3. The van der Waals surface area contributed by atoms with Crippen LogP contribution in [0.25, 0.3) is 0 Å². The highest BCUT2D eigenvalue weighted by Crippen LogP contribution is 2.25. The van der Waals surface area contributed by atoms with Gasteiger partial charge < -0.3 is 19.5 Å². The summed E-state index contributed by atoms with van der Waals surface area (Å²) in [7, 11) is 3.16. The lowest BCUT2D eigenvalue weighted by molar-refractivity contribution is 0.0879. The number of anilines is 1. The molecule has 0 atom stereocenters. The summed E-state index contributed by atoms with van der Waals surface area (Å²) in [6.45, 7) is 0.277. The molecule has 0 unspecified atom stereocenters. The molecule has 8 nitrogen and oxygen atoms in total. The maximum absolute atomic E-state index is 12.6. The normalized spacial score (nSPS) is 12.1. The van der Waals surface area contributed by atoms with Crippen LogP contribution in [0.1, 0.15) is 36.6 Å². The van der Waals surface area contributed by atoms with Crippen LogP contribution >= 0.6 is 0 Å². The highest BCUT2D eigenvalue weighted by Gasteiger charge is 2.27. The molecule has 0 spiro atoms. The van der Waals surface area contributed by atoms with Crippen LogP contribution in [0.15, 0.2) is 60.7 Å². The highest BCUT2D eigenvalue weighted by atomic mass is 16.5. The lowest BCUT2D eigenvalue weighted by Gasteiger charge is -2.11. The van der Waals surface area contributed by atoms with E-state index in [1.165, 1.54) is 18.2 Å². The molecule has 0 saturated carbocycles. The third kappa shape index (κ3) is 4.39. The van der Waals surface area contributed by atoms with Crippen LogP contribution in [0.3, 0.4) is 0 Å². The number of amides is 3. The van der Waals surface area contributed by atoms with Gasteiger partial charge in [0.15, 0.2) is 0 Å². The summed E-state index contributed by atoms with van der Waals surface area (Å²) in [6.07, 6.45) is 0. The number of methoxy groups -OCH3 is 2. The first-order chi connectivity index (χ1) is 15.5. The molecule has 3 amide bonds. The zero-order valence-electron chi connectivity index (χ0n) is 17.4. The summed E-state index contributed by atoms with van der Waals surface area (Å²) in [5.74, 6) is 0.500. The molecule has 4 rings (SSSR count). The van der Waals surface area contributed by atoms with Gasteiger partial charge in [0, 0.05) is 23.4 Å². The monoisotopic (exact) mass is 432 g/mol. The van der Waals surface area contributed by atoms with Gasteiger partial charge in [0.25, 0.3) is 17.7 Å². The fraction of sp³-hybridized carbons (Fsp3) is 0.125. The van der Waals surface area contributed by atoms with E-state index < -0.39 is 17.7 Å². The minimum Gasteiger partial charge on any atom is -0.497 e. The van der Waals surface area contributed by atoms with Crippen molar-refractivity contribution >= 4 is 23.4 Å². The molecule has 0 aliphatic carbocycles. The van der Waals surface area contributed by atoms with Crippen molar-refractivity contribution in [2.45, 2.75) is 6.61 Å². The molecule has 0 aromatic heterocycles. The van der Waals surface area contributed by atoms with E-state index in [0.29, 0.717) is 22.9 Å². The van der Waals surface area contributed by atoms with Gasteiger partial charge in [0.2, 0.25) is 0 Å². The Bertz CT molecular complexity index is 1200. The van der Waals surface area contributed by atoms with E-state index in [9.17, 15) is 14.4 Å².